The van der Waals surface area contributed by atoms with Gasteiger partial charge in [-0.05, 0) is 17.8 Å². The van der Waals surface area contributed by atoms with E-state index in [2.05, 4.69) is 19.9 Å². The molecule has 2 heterocycles. The van der Waals surface area contributed by atoms with E-state index in [4.69, 9.17) is 26.8 Å². The Hall–Kier alpha value is -2.19. The van der Waals surface area contributed by atoms with Gasteiger partial charge in [0.05, 0.1) is 24.1 Å². The van der Waals surface area contributed by atoms with Gasteiger partial charge in [-0.2, -0.15) is 0 Å². The van der Waals surface area contributed by atoms with E-state index in [1.54, 1.807) is 26.4 Å². The van der Waals surface area contributed by atoms with E-state index in [0.29, 0.717) is 38.7 Å². The maximum atomic E-state index is 6.10. The van der Waals surface area contributed by atoms with Crippen LogP contribution >= 0.6 is 23.4 Å². The molecule has 0 aliphatic heterocycles. The highest BCUT2D eigenvalue weighted by Crippen LogP contribution is 2.40. The number of benzene rings is 1. The van der Waals surface area contributed by atoms with Gasteiger partial charge in [0.2, 0.25) is 0 Å². The van der Waals surface area contributed by atoms with Crippen molar-refractivity contribution in [1.29, 1.82) is 0 Å². The molecule has 1 aromatic carbocycles. The van der Waals surface area contributed by atoms with Crippen LogP contribution < -0.4 is 15.2 Å². The number of methoxy groups -OCH3 is 2. The molecule has 2 aromatic heterocycles. The van der Waals surface area contributed by atoms with Crippen LogP contribution in [-0.4, -0.2) is 34.2 Å². The SMILES string of the molecule is COc1cc(Sc2nc3ncnc(N)c3[nH]2)c(OC)cc1Cl. The first-order valence-electron chi connectivity index (χ1n) is 6.18. The molecule has 0 aliphatic rings. The Balaban J connectivity index is 2.02. The first kappa shape index (κ1) is 14.7. The number of nitrogens with two attached hydrogens (primary N) is 1. The summed E-state index contributed by atoms with van der Waals surface area (Å²) in [7, 11) is 3.13. The van der Waals surface area contributed by atoms with E-state index >= 15 is 0 Å². The highest BCUT2D eigenvalue weighted by molar-refractivity contribution is 7.99. The van der Waals surface area contributed by atoms with Gasteiger partial charge < -0.3 is 20.2 Å². The zero-order valence-electron chi connectivity index (χ0n) is 11.8. The lowest BCUT2D eigenvalue weighted by Crippen LogP contribution is -1.91. The average molecular weight is 338 g/mol. The molecule has 0 bridgehead atoms. The highest BCUT2D eigenvalue weighted by atomic mass is 35.5. The summed E-state index contributed by atoms with van der Waals surface area (Å²) in [5, 5.41) is 1.09. The second kappa shape index (κ2) is 5.90. The summed E-state index contributed by atoms with van der Waals surface area (Å²) >= 11 is 7.45. The monoisotopic (exact) mass is 337 g/mol. The fourth-order valence-corrected chi connectivity index (χ4v) is 3.02. The molecule has 0 atom stereocenters. The van der Waals surface area contributed by atoms with E-state index in [1.807, 2.05) is 0 Å². The number of nitrogens with one attached hydrogen (secondary N) is 1. The Labute approximate surface area is 135 Å². The van der Waals surface area contributed by atoms with E-state index in [0.717, 1.165) is 4.90 Å². The molecule has 3 rings (SSSR count). The Morgan fingerprint density at radius 1 is 1.18 bits per heavy atom. The van der Waals surface area contributed by atoms with Gasteiger partial charge in [-0.25, -0.2) is 15.0 Å². The highest BCUT2D eigenvalue weighted by Gasteiger charge is 2.14. The first-order valence-corrected chi connectivity index (χ1v) is 7.37. The summed E-state index contributed by atoms with van der Waals surface area (Å²) in [4.78, 5) is 16.3. The van der Waals surface area contributed by atoms with Crippen LogP contribution in [0.4, 0.5) is 5.82 Å². The zero-order valence-corrected chi connectivity index (χ0v) is 13.3. The second-order valence-corrected chi connectivity index (χ2v) is 5.68. The molecular weight excluding hydrogens is 326 g/mol. The fourth-order valence-electron chi connectivity index (χ4n) is 1.89. The van der Waals surface area contributed by atoms with Crippen LogP contribution in [0, 0.1) is 0 Å². The molecule has 3 N–H and O–H groups in total. The van der Waals surface area contributed by atoms with Crippen molar-refractivity contribution < 1.29 is 9.47 Å². The molecule has 9 heteroatoms. The van der Waals surface area contributed by atoms with Crippen molar-refractivity contribution >= 4 is 40.3 Å². The number of halogens is 1. The molecule has 0 saturated heterocycles. The topological polar surface area (TPSA) is 98.9 Å². The minimum atomic E-state index is 0.352. The summed E-state index contributed by atoms with van der Waals surface area (Å²) in [6, 6.07) is 3.48. The molecular formula is C13H12ClN5O2S. The van der Waals surface area contributed by atoms with Crippen molar-refractivity contribution in [3.63, 3.8) is 0 Å². The molecule has 0 amide bonds. The van der Waals surface area contributed by atoms with Crippen LogP contribution in [0.1, 0.15) is 0 Å². The van der Waals surface area contributed by atoms with Crippen LogP contribution in [0.2, 0.25) is 5.02 Å². The van der Waals surface area contributed by atoms with Gasteiger partial charge >= 0.3 is 0 Å². The van der Waals surface area contributed by atoms with E-state index in [9.17, 15) is 0 Å². The number of hydrogen-bond acceptors (Lipinski definition) is 7. The van der Waals surface area contributed by atoms with E-state index < -0.39 is 0 Å². The standard InChI is InChI=1S/C13H12ClN5O2S/c1-20-7-4-9(8(21-2)3-6(7)14)22-13-18-10-11(15)16-5-17-12(10)19-13/h3-5H,1-2H3,(H3,15,16,17,18,19). The smallest absolute Gasteiger partial charge is 0.183 e. The molecule has 0 radical (unpaired) electrons. The summed E-state index contributed by atoms with van der Waals surface area (Å²) < 4.78 is 10.6. The normalized spacial score (nSPS) is 10.9. The molecule has 22 heavy (non-hydrogen) atoms. The number of nitrogen functional groups attached to an aromatic ring is 1. The molecule has 3 aromatic rings. The molecule has 114 valence electrons. The number of nitrogens with zero attached hydrogens (tertiary/aromatic N) is 3. The lowest BCUT2D eigenvalue weighted by molar-refractivity contribution is 0.394. The lowest BCUT2D eigenvalue weighted by atomic mass is 10.3. The molecule has 0 saturated carbocycles. The van der Waals surface area contributed by atoms with Gasteiger partial charge in [0.1, 0.15) is 23.3 Å². The number of hydrogen-bond donors (Lipinski definition) is 2. The Morgan fingerprint density at radius 3 is 2.64 bits per heavy atom. The maximum absolute atomic E-state index is 6.10. The van der Waals surface area contributed by atoms with Gasteiger partial charge in [0.25, 0.3) is 0 Å². The van der Waals surface area contributed by atoms with Gasteiger partial charge in [-0.3, -0.25) is 0 Å². The Kier molecular flexibility index (Phi) is 3.95. The zero-order chi connectivity index (χ0) is 15.7. The maximum Gasteiger partial charge on any atom is 0.183 e. The number of H-pyrrole nitrogens is 1. The van der Waals surface area contributed by atoms with E-state index in [-0.39, 0.29) is 0 Å². The summed E-state index contributed by atoms with van der Waals surface area (Å²) in [6.45, 7) is 0. The molecule has 0 unspecified atom stereocenters. The van der Waals surface area contributed by atoms with Gasteiger partial charge in [0.15, 0.2) is 16.6 Å². The third-order valence-electron chi connectivity index (χ3n) is 2.94. The van der Waals surface area contributed by atoms with Gasteiger partial charge in [0, 0.05) is 6.07 Å². The van der Waals surface area contributed by atoms with Gasteiger partial charge in [-0.1, -0.05) is 11.6 Å². The van der Waals surface area contributed by atoms with Crippen LogP contribution in [0.25, 0.3) is 11.2 Å². The van der Waals surface area contributed by atoms with Crippen molar-refractivity contribution in [3.8, 4) is 11.5 Å². The molecule has 0 spiro atoms. The fraction of sp³-hybridized carbons (Fsp3) is 0.154. The number of rotatable bonds is 4. The molecule has 0 fully saturated rings. The number of anilines is 1. The predicted molar refractivity (Wildman–Crippen MR) is 84.8 cm³/mol. The van der Waals surface area contributed by atoms with Crippen LogP contribution in [0.3, 0.4) is 0 Å². The van der Waals surface area contributed by atoms with Crippen LogP contribution in [0.15, 0.2) is 28.5 Å². The minimum absolute atomic E-state index is 0.352. The number of aromatic amines is 1. The summed E-state index contributed by atoms with van der Waals surface area (Å²) in [5.41, 5.74) is 6.90. The van der Waals surface area contributed by atoms with Crippen molar-refractivity contribution in [2.45, 2.75) is 10.1 Å². The van der Waals surface area contributed by atoms with Gasteiger partial charge in [-0.15, -0.1) is 0 Å². The summed E-state index contributed by atoms with van der Waals surface area (Å²) in [5.74, 6) is 1.53. The first-order chi connectivity index (χ1) is 10.6. The van der Waals surface area contributed by atoms with E-state index in [1.165, 1.54) is 18.1 Å². The van der Waals surface area contributed by atoms with Crippen molar-refractivity contribution in [2.24, 2.45) is 0 Å². The molecule has 0 aliphatic carbocycles. The second-order valence-electron chi connectivity index (χ2n) is 4.24. The summed E-state index contributed by atoms with van der Waals surface area (Å²) in [6.07, 6.45) is 1.37. The largest absolute Gasteiger partial charge is 0.496 e. The Morgan fingerprint density at radius 2 is 1.95 bits per heavy atom. The van der Waals surface area contributed by atoms with Crippen molar-refractivity contribution in [3.05, 3.63) is 23.5 Å². The van der Waals surface area contributed by atoms with Crippen LogP contribution in [-0.2, 0) is 0 Å². The molecule has 7 nitrogen and oxygen atoms in total. The number of ether oxygens (including phenoxy) is 2. The van der Waals surface area contributed by atoms with Crippen molar-refractivity contribution in [1.82, 2.24) is 19.9 Å². The third kappa shape index (κ3) is 2.62. The van der Waals surface area contributed by atoms with Crippen molar-refractivity contribution in [2.75, 3.05) is 20.0 Å². The average Bonchev–Trinajstić information content (AvgIpc) is 2.92. The third-order valence-corrected chi connectivity index (χ3v) is 4.16. The predicted octanol–water partition coefficient (Wildman–Crippen LogP) is 2.76. The minimum Gasteiger partial charge on any atom is -0.496 e. The number of imidazole rings is 1. The lowest BCUT2D eigenvalue weighted by Gasteiger charge is -2.10. The Bertz CT molecular complexity index is 839. The number of fused-ring (bicyclic) bond motifs is 1. The van der Waals surface area contributed by atoms with Crippen LogP contribution in [0.5, 0.6) is 11.5 Å². The number of aromatic nitrogens is 4. The quantitative estimate of drug-likeness (QED) is 0.755.